The standard InChI is InChI=1S/C17H21NO/c1-13-6-8-14(9-7-13)17(10-11-18)15-4-3-5-16(12-15)19-2/h3-9,12,17H,10-11,18H2,1-2H3. The van der Waals surface area contributed by atoms with E-state index < -0.39 is 0 Å². The van der Waals surface area contributed by atoms with E-state index in [9.17, 15) is 0 Å². The van der Waals surface area contributed by atoms with Crippen LogP contribution in [0.2, 0.25) is 0 Å². The molecule has 19 heavy (non-hydrogen) atoms. The van der Waals surface area contributed by atoms with Crippen LogP contribution in [0.3, 0.4) is 0 Å². The number of methoxy groups -OCH3 is 1. The van der Waals surface area contributed by atoms with Crippen molar-refractivity contribution < 1.29 is 4.74 Å². The molecular formula is C17H21NO. The molecule has 0 saturated carbocycles. The quantitative estimate of drug-likeness (QED) is 0.887. The molecule has 0 aliphatic rings. The Labute approximate surface area is 115 Å². The molecule has 0 fully saturated rings. The average molecular weight is 255 g/mol. The smallest absolute Gasteiger partial charge is 0.119 e. The first-order valence-electron chi connectivity index (χ1n) is 6.65. The van der Waals surface area contributed by atoms with Crippen LogP contribution >= 0.6 is 0 Å². The van der Waals surface area contributed by atoms with Gasteiger partial charge in [0.1, 0.15) is 5.75 Å². The van der Waals surface area contributed by atoms with Gasteiger partial charge in [0.05, 0.1) is 7.11 Å². The predicted octanol–water partition coefficient (Wildman–Crippen LogP) is 3.48. The highest BCUT2D eigenvalue weighted by atomic mass is 16.5. The second kappa shape index (κ2) is 6.39. The van der Waals surface area contributed by atoms with Crippen molar-refractivity contribution in [1.82, 2.24) is 0 Å². The molecule has 0 radical (unpaired) electrons. The maximum absolute atomic E-state index is 5.77. The molecule has 0 heterocycles. The number of nitrogens with two attached hydrogens (primary N) is 1. The summed E-state index contributed by atoms with van der Waals surface area (Å²) in [6.07, 6.45) is 0.941. The lowest BCUT2D eigenvalue weighted by Gasteiger charge is -2.18. The Morgan fingerprint density at radius 2 is 1.79 bits per heavy atom. The molecule has 2 heteroatoms. The molecular weight excluding hydrogens is 234 g/mol. The van der Waals surface area contributed by atoms with Crippen molar-refractivity contribution in [3.05, 3.63) is 65.2 Å². The van der Waals surface area contributed by atoms with Gasteiger partial charge in [0.15, 0.2) is 0 Å². The molecule has 2 rings (SSSR count). The van der Waals surface area contributed by atoms with Gasteiger partial charge >= 0.3 is 0 Å². The minimum absolute atomic E-state index is 0.334. The fraction of sp³-hybridized carbons (Fsp3) is 0.294. The SMILES string of the molecule is COc1cccc(C(CCN)c2ccc(C)cc2)c1. The number of hydrogen-bond donors (Lipinski definition) is 1. The van der Waals surface area contributed by atoms with Gasteiger partial charge in [-0.2, -0.15) is 0 Å². The lowest BCUT2D eigenvalue weighted by molar-refractivity contribution is 0.414. The molecule has 0 spiro atoms. The van der Waals surface area contributed by atoms with Gasteiger partial charge in [-0.3, -0.25) is 0 Å². The second-order valence-electron chi connectivity index (χ2n) is 4.82. The van der Waals surface area contributed by atoms with Crippen molar-refractivity contribution in [3.8, 4) is 5.75 Å². The number of hydrogen-bond acceptors (Lipinski definition) is 2. The van der Waals surface area contributed by atoms with E-state index in [1.165, 1.54) is 16.7 Å². The van der Waals surface area contributed by atoms with Crippen molar-refractivity contribution in [1.29, 1.82) is 0 Å². The van der Waals surface area contributed by atoms with E-state index >= 15 is 0 Å². The zero-order valence-corrected chi connectivity index (χ0v) is 11.6. The van der Waals surface area contributed by atoms with Crippen LogP contribution in [0.4, 0.5) is 0 Å². The van der Waals surface area contributed by atoms with Gasteiger partial charge in [0, 0.05) is 5.92 Å². The van der Waals surface area contributed by atoms with Crippen LogP contribution in [0.15, 0.2) is 48.5 Å². The minimum atomic E-state index is 0.334. The zero-order valence-electron chi connectivity index (χ0n) is 11.6. The summed E-state index contributed by atoms with van der Waals surface area (Å²) in [6.45, 7) is 2.78. The van der Waals surface area contributed by atoms with Gasteiger partial charge in [-0.25, -0.2) is 0 Å². The van der Waals surface area contributed by atoms with Crippen molar-refractivity contribution in [2.24, 2.45) is 5.73 Å². The molecule has 0 saturated heterocycles. The number of ether oxygens (including phenoxy) is 1. The highest BCUT2D eigenvalue weighted by molar-refractivity contribution is 5.38. The number of rotatable bonds is 5. The molecule has 1 atom stereocenters. The third-order valence-corrected chi connectivity index (χ3v) is 3.43. The fourth-order valence-electron chi connectivity index (χ4n) is 2.35. The van der Waals surface area contributed by atoms with Crippen LogP contribution in [0, 0.1) is 6.92 Å². The van der Waals surface area contributed by atoms with Crippen molar-refractivity contribution in [2.45, 2.75) is 19.3 Å². The Balaban J connectivity index is 2.35. The zero-order chi connectivity index (χ0) is 13.7. The predicted molar refractivity (Wildman–Crippen MR) is 79.7 cm³/mol. The second-order valence-corrected chi connectivity index (χ2v) is 4.82. The van der Waals surface area contributed by atoms with Crippen LogP contribution in [-0.4, -0.2) is 13.7 Å². The highest BCUT2D eigenvalue weighted by Crippen LogP contribution is 2.29. The van der Waals surface area contributed by atoms with Gasteiger partial charge in [-0.15, -0.1) is 0 Å². The van der Waals surface area contributed by atoms with Crippen molar-refractivity contribution >= 4 is 0 Å². The maximum Gasteiger partial charge on any atom is 0.119 e. The van der Waals surface area contributed by atoms with E-state index in [1.54, 1.807) is 7.11 Å². The molecule has 2 N–H and O–H groups in total. The number of aryl methyl sites for hydroxylation is 1. The summed E-state index contributed by atoms with van der Waals surface area (Å²) in [5.41, 5.74) is 9.62. The Kier molecular flexibility index (Phi) is 4.58. The summed E-state index contributed by atoms with van der Waals surface area (Å²) in [7, 11) is 1.70. The first kappa shape index (κ1) is 13.6. The molecule has 0 aliphatic carbocycles. The molecule has 0 aliphatic heterocycles. The molecule has 1 unspecified atom stereocenters. The van der Waals surface area contributed by atoms with E-state index in [-0.39, 0.29) is 0 Å². The van der Waals surface area contributed by atoms with Crippen LogP contribution in [0.1, 0.15) is 29.0 Å². The average Bonchev–Trinajstić information content (AvgIpc) is 2.46. The highest BCUT2D eigenvalue weighted by Gasteiger charge is 2.13. The fourth-order valence-corrected chi connectivity index (χ4v) is 2.35. The third-order valence-electron chi connectivity index (χ3n) is 3.43. The molecule has 2 nitrogen and oxygen atoms in total. The van der Waals surface area contributed by atoms with Gasteiger partial charge in [0.2, 0.25) is 0 Å². The molecule has 0 bridgehead atoms. The van der Waals surface area contributed by atoms with Gasteiger partial charge < -0.3 is 10.5 Å². The first-order valence-corrected chi connectivity index (χ1v) is 6.65. The van der Waals surface area contributed by atoms with Crippen molar-refractivity contribution in [3.63, 3.8) is 0 Å². The molecule has 2 aromatic carbocycles. The van der Waals surface area contributed by atoms with E-state index in [0.717, 1.165) is 12.2 Å². The van der Waals surface area contributed by atoms with E-state index in [2.05, 4.69) is 43.3 Å². The maximum atomic E-state index is 5.77. The topological polar surface area (TPSA) is 35.2 Å². The lowest BCUT2D eigenvalue weighted by atomic mass is 9.88. The minimum Gasteiger partial charge on any atom is -0.497 e. The van der Waals surface area contributed by atoms with Crippen LogP contribution in [0.25, 0.3) is 0 Å². The summed E-state index contributed by atoms with van der Waals surface area (Å²) in [5.74, 6) is 1.23. The van der Waals surface area contributed by atoms with Gasteiger partial charge in [-0.05, 0) is 43.1 Å². The summed E-state index contributed by atoms with van der Waals surface area (Å²) in [6, 6.07) is 16.9. The van der Waals surface area contributed by atoms with Crippen LogP contribution < -0.4 is 10.5 Å². The molecule has 0 amide bonds. The number of benzene rings is 2. The van der Waals surface area contributed by atoms with E-state index in [4.69, 9.17) is 10.5 Å². The Morgan fingerprint density at radius 3 is 2.42 bits per heavy atom. The summed E-state index contributed by atoms with van der Waals surface area (Å²) >= 11 is 0. The van der Waals surface area contributed by atoms with Crippen LogP contribution in [-0.2, 0) is 0 Å². The molecule has 100 valence electrons. The van der Waals surface area contributed by atoms with Gasteiger partial charge in [-0.1, -0.05) is 42.0 Å². The molecule has 2 aromatic rings. The lowest BCUT2D eigenvalue weighted by Crippen LogP contribution is -2.09. The van der Waals surface area contributed by atoms with Crippen LogP contribution in [0.5, 0.6) is 5.75 Å². The Bertz CT molecular complexity index is 519. The Morgan fingerprint density at radius 1 is 1.05 bits per heavy atom. The van der Waals surface area contributed by atoms with Gasteiger partial charge in [0.25, 0.3) is 0 Å². The monoisotopic (exact) mass is 255 g/mol. The normalized spacial score (nSPS) is 12.2. The summed E-state index contributed by atoms with van der Waals surface area (Å²) in [5, 5.41) is 0. The largest absolute Gasteiger partial charge is 0.497 e. The summed E-state index contributed by atoms with van der Waals surface area (Å²) in [4.78, 5) is 0. The molecule has 0 aromatic heterocycles. The third kappa shape index (κ3) is 3.36. The van der Waals surface area contributed by atoms with Crippen molar-refractivity contribution in [2.75, 3.05) is 13.7 Å². The Hall–Kier alpha value is -1.80. The first-order chi connectivity index (χ1) is 9.24. The van der Waals surface area contributed by atoms with E-state index in [0.29, 0.717) is 12.5 Å². The van der Waals surface area contributed by atoms with E-state index in [1.807, 2.05) is 12.1 Å². The summed E-state index contributed by atoms with van der Waals surface area (Å²) < 4.78 is 5.31.